The number of hydrogen-bond donors (Lipinski definition) is 0. The zero-order chi connectivity index (χ0) is 19.9. The number of nitrogens with zero attached hydrogens (tertiary/aromatic N) is 5. The number of hydrogen-bond acceptors (Lipinski definition) is 6. The molecule has 3 heterocycles. The molecule has 0 radical (unpaired) electrons. The fraction of sp³-hybridized carbons (Fsp3) is 0.722. The van der Waals surface area contributed by atoms with Gasteiger partial charge < -0.3 is 4.90 Å². The average Bonchev–Trinajstić information content (AvgIpc) is 3.17. The Hall–Kier alpha value is -1.86. The summed E-state index contributed by atoms with van der Waals surface area (Å²) < 4.78 is 40.3. The molecule has 1 aromatic heterocycles. The van der Waals surface area contributed by atoms with Crippen molar-refractivity contribution in [3.8, 4) is 6.19 Å². The Kier molecular flexibility index (Phi) is 5.22. The normalized spacial score (nSPS) is 29.5. The monoisotopic (exact) mass is 413 g/mol. The van der Waals surface area contributed by atoms with Crippen LogP contribution in [0, 0.1) is 17.4 Å². The second kappa shape index (κ2) is 7.52. The molecule has 4 rings (SSSR count). The van der Waals surface area contributed by atoms with E-state index in [1.165, 1.54) is 17.5 Å². The van der Waals surface area contributed by atoms with Gasteiger partial charge in [-0.3, -0.25) is 14.6 Å². The molecule has 0 spiro atoms. The minimum atomic E-state index is -4.21. The number of fused-ring (bicyclic) bond motifs is 1. The van der Waals surface area contributed by atoms with Crippen molar-refractivity contribution in [1.29, 1.82) is 5.26 Å². The Morgan fingerprint density at radius 3 is 2.68 bits per heavy atom. The van der Waals surface area contributed by atoms with Crippen molar-refractivity contribution in [1.82, 2.24) is 14.8 Å². The lowest BCUT2D eigenvalue weighted by Gasteiger charge is -2.44. The quantitative estimate of drug-likeness (QED) is 0.698. The van der Waals surface area contributed by atoms with Gasteiger partial charge in [0, 0.05) is 43.2 Å². The van der Waals surface area contributed by atoms with Gasteiger partial charge in [-0.2, -0.15) is 18.4 Å². The van der Waals surface area contributed by atoms with Gasteiger partial charge >= 0.3 is 6.18 Å². The Bertz CT molecular complexity index is 776. The number of nitriles is 1. The zero-order valence-electron chi connectivity index (χ0n) is 15.4. The van der Waals surface area contributed by atoms with E-state index >= 15 is 0 Å². The van der Waals surface area contributed by atoms with Gasteiger partial charge in [-0.1, -0.05) is 12.8 Å². The minimum Gasteiger partial charge on any atom is -0.307 e. The number of piperazine rings is 2. The maximum atomic E-state index is 13.4. The van der Waals surface area contributed by atoms with Gasteiger partial charge in [0.15, 0.2) is 11.3 Å². The molecule has 0 N–H and O–H groups in total. The van der Waals surface area contributed by atoms with Crippen LogP contribution in [0.5, 0.6) is 0 Å². The highest BCUT2D eigenvalue weighted by Gasteiger charge is 2.47. The fourth-order valence-corrected chi connectivity index (χ4v) is 5.70. The van der Waals surface area contributed by atoms with Crippen LogP contribution in [0.2, 0.25) is 0 Å². The smallest absolute Gasteiger partial charge is 0.307 e. The minimum absolute atomic E-state index is 0.122. The van der Waals surface area contributed by atoms with E-state index in [0.717, 1.165) is 6.42 Å². The van der Waals surface area contributed by atoms with Crippen LogP contribution in [0.25, 0.3) is 0 Å². The van der Waals surface area contributed by atoms with Gasteiger partial charge in [-0.15, -0.1) is 11.3 Å². The van der Waals surface area contributed by atoms with E-state index in [4.69, 9.17) is 5.26 Å². The summed E-state index contributed by atoms with van der Waals surface area (Å²) >= 11 is 1.21. The number of alkyl halides is 3. The van der Waals surface area contributed by atoms with Gasteiger partial charge in [0.05, 0.1) is 12.5 Å². The van der Waals surface area contributed by atoms with Gasteiger partial charge in [0.25, 0.3) is 0 Å². The molecule has 1 amide bonds. The second-order valence-corrected chi connectivity index (χ2v) is 8.71. The highest BCUT2D eigenvalue weighted by molar-refractivity contribution is 7.15. The molecule has 1 unspecified atom stereocenters. The molecule has 3 atom stereocenters. The van der Waals surface area contributed by atoms with Crippen LogP contribution in [-0.2, 0) is 4.79 Å². The van der Waals surface area contributed by atoms with Crippen LogP contribution < -0.4 is 4.90 Å². The van der Waals surface area contributed by atoms with Crippen LogP contribution in [0.15, 0.2) is 6.20 Å². The number of amides is 1. The van der Waals surface area contributed by atoms with Crippen LogP contribution in [-0.4, -0.2) is 65.6 Å². The zero-order valence-corrected chi connectivity index (χ0v) is 16.2. The Balaban J connectivity index is 1.52. The summed E-state index contributed by atoms with van der Waals surface area (Å²) in [6.07, 6.45) is 1.46. The summed E-state index contributed by atoms with van der Waals surface area (Å²) in [4.78, 5) is 23.1. The highest BCUT2D eigenvalue weighted by Crippen LogP contribution is 2.48. The van der Waals surface area contributed by atoms with Crippen LogP contribution in [0.1, 0.15) is 36.5 Å². The Morgan fingerprint density at radius 2 is 1.93 bits per heavy atom. The summed E-state index contributed by atoms with van der Waals surface area (Å²) in [7, 11) is 0. The van der Waals surface area contributed by atoms with Crippen molar-refractivity contribution in [3.63, 3.8) is 0 Å². The third kappa shape index (κ3) is 3.57. The molecular formula is C18H22F3N5OS. The lowest BCUT2D eigenvalue weighted by atomic mass is 9.78. The number of thiazole rings is 1. The van der Waals surface area contributed by atoms with Crippen molar-refractivity contribution >= 4 is 22.4 Å². The number of carbonyl (C=O) groups excluding carboxylic acids is 1. The molecule has 28 heavy (non-hydrogen) atoms. The van der Waals surface area contributed by atoms with E-state index in [1.807, 2.05) is 0 Å². The van der Waals surface area contributed by atoms with E-state index in [1.54, 1.807) is 9.80 Å². The Morgan fingerprint density at radius 1 is 1.18 bits per heavy atom. The highest BCUT2D eigenvalue weighted by atomic mass is 32.1. The second-order valence-electron chi connectivity index (χ2n) is 7.67. The molecular weight excluding hydrogens is 391 g/mol. The van der Waals surface area contributed by atoms with Gasteiger partial charge in [-0.05, 0) is 12.8 Å². The fourth-order valence-electron chi connectivity index (χ4n) is 4.56. The van der Waals surface area contributed by atoms with Gasteiger partial charge in [0.2, 0.25) is 5.91 Å². The van der Waals surface area contributed by atoms with Crippen molar-refractivity contribution < 1.29 is 18.0 Å². The maximum absolute atomic E-state index is 13.4. The number of anilines is 1. The molecule has 0 aromatic carbocycles. The molecule has 1 saturated carbocycles. The standard InChI is InChI=1S/C18H22F3N5OS/c19-18(20,21)13-4-2-1-3-12(13)15-9-23-17(28-15)26-8-7-25-6-5-24(11-22)10-14(25)16(26)27/h9,12-14H,1-8,10H2/t12-,13-,14?/m0/s1. The number of rotatable bonds is 2. The molecule has 1 aliphatic carbocycles. The topological polar surface area (TPSA) is 63.5 Å². The SMILES string of the molecule is N#CN1CCN2CCN(c3ncc([C@H]4CCCC[C@@H]4C(F)(F)F)s3)C(=O)C2C1. The first-order chi connectivity index (χ1) is 13.4. The molecule has 0 bridgehead atoms. The summed E-state index contributed by atoms with van der Waals surface area (Å²) in [6.45, 7) is 2.78. The van der Waals surface area contributed by atoms with E-state index in [2.05, 4.69) is 16.1 Å². The van der Waals surface area contributed by atoms with E-state index in [-0.39, 0.29) is 12.3 Å². The lowest BCUT2D eigenvalue weighted by molar-refractivity contribution is -0.187. The predicted molar refractivity (Wildman–Crippen MR) is 97.8 cm³/mol. The summed E-state index contributed by atoms with van der Waals surface area (Å²) in [5.74, 6) is -2.02. The first kappa shape index (κ1) is 19.5. The largest absolute Gasteiger partial charge is 0.392 e. The van der Waals surface area contributed by atoms with Gasteiger partial charge in [0.1, 0.15) is 6.04 Å². The molecule has 3 fully saturated rings. The summed E-state index contributed by atoms with van der Waals surface area (Å²) in [5, 5.41) is 9.59. The molecule has 2 saturated heterocycles. The van der Waals surface area contributed by atoms with Crippen LogP contribution in [0.3, 0.4) is 0 Å². The lowest BCUT2D eigenvalue weighted by Crippen LogP contribution is -2.64. The maximum Gasteiger partial charge on any atom is 0.392 e. The van der Waals surface area contributed by atoms with Crippen molar-refractivity contribution in [3.05, 3.63) is 11.1 Å². The van der Waals surface area contributed by atoms with E-state index in [9.17, 15) is 18.0 Å². The summed E-state index contributed by atoms with van der Waals surface area (Å²) in [6, 6.07) is -0.396. The third-order valence-corrected chi connectivity index (χ3v) is 7.24. The van der Waals surface area contributed by atoms with E-state index in [0.29, 0.717) is 55.6 Å². The number of carbonyl (C=O) groups is 1. The molecule has 6 nitrogen and oxygen atoms in total. The first-order valence-corrected chi connectivity index (χ1v) is 10.4. The molecule has 3 aliphatic rings. The van der Waals surface area contributed by atoms with Gasteiger partial charge in [-0.25, -0.2) is 4.98 Å². The first-order valence-electron chi connectivity index (χ1n) is 9.61. The third-order valence-electron chi connectivity index (χ3n) is 6.09. The number of aromatic nitrogens is 1. The van der Waals surface area contributed by atoms with Crippen molar-refractivity contribution in [2.75, 3.05) is 37.6 Å². The Labute approximate surface area is 165 Å². The number of halogens is 3. The van der Waals surface area contributed by atoms with E-state index < -0.39 is 24.1 Å². The summed E-state index contributed by atoms with van der Waals surface area (Å²) in [5.41, 5.74) is 0. The van der Waals surface area contributed by atoms with Crippen molar-refractivity contribution in [2.24, 2.45) is 5.92 Å². The van der Waals surface area contributed by atoms with Crippen LogP contribution >= 0.6 is 11.3 Å². The predicted octanol–water partition coefficient (Wildman–Crippen LogP) is 2.79. The molecule has 10 heteroatoms. The average molecular weight is 413 g/mol. The molecule has 2 aliphatic heterocycles. The van der Waals surface area contributed by atoms with Crippen molar-refractivity contribution in [2.45, 2.75) is 43.8 Å². The van der Waals surface area contributed by atoms with Crippen LogP contribution in [0.4, 0.5) is 18.3 Å². The molecule has 1 aromatic rings. The molecule has 152 valence electrons.